The minimum absolute atomic E-state index is 0.107. The highest BCUT2D eigenvalue weighted by molar-refractivity contribution is 6.42. The van der Waals surface area contributed by atoms with Gasteiger partial charge in [-0.15, -0.1) is 0 Å². The summed E-state index contributed by atoms with van der Waals surface area (Å²) in [5.41, 5.74) is 2.50. The zero-order valence-corrected chi connectivity index (χ0v) is 19.2. The topological polar surface area (TPSA) is 62.6 Å². The summed E-state index contributed by atoms with van der Waals surface area (Å²) in [6.07, 6.45) is 0. The van der Waals surface area contributed by atoms with Gasteiger partial charge < -0.3 is 14.6 Å². The summed E-state index contributed by atoms with van der Waals surface area (Å²) in [5.74, 6) is -0.0837. The van der Waals surface area contributed by atoms with Crippen LogP contribution < -0.4 is 5.32 Å². The average Bonchev–Trinajstić information content (AvgIpc) is 3.32. The van der Waals surface area contributed by atoms with Gasteiger partial charge in [0, 0.05) is 19.2 Å². The fourth-order valence-corrected chi connectivity index (χ4v) is 3.66. The van der Waals surface area contributed by atoms with Gasteiger partial charge >= 0.3 is 0 Å². The number of nitrogens with one attached hydrogen (secondary N) is 1. The highest BCUT2D eigenvalue weighted by Gasteiger charge is 2.19. The van der Waals surface area contributed by atoms with Crippen LogP contribution in [0.2, 0.25) is 10.0 Å². The Morgan fingerprint density at radius 1 is 0.879 bits per heavy atom. The van der Waals surface area contributed by atoms with Gasteiger partial charge in [-0.1, -0.05) is 65.7 Å². The molecule has 0 unspecified atom stereocenters. The van der Waals surface area contributed by atoms with Gasteiger partial charge in [-0.2, -0.15) is 0 Å². The highest BCUT2D eigenvalue weighted by atomic mass is 35.5. The third kappa shape index (κ3) is 5.28. The Labute approximate surface area is 201 Å². The van der Waals surface area contributed by atoms with E-state index in [4.69, 9.17) is 27.6 Å². The fraction of sp³-hybridized carbons (Fsp3) is 0.0769. The molecule has 0 radical (unpaired) electrons. The minimum atomic E-state index is -0.465. The molecule has 33 heavy (non-hydrogen) atoms. The van der Waals surface area contributed by atoms with Gasteiger partial charge in [0.05, 0.1) is 21.3 Å². The summed E-state index contributed by atoms with van der Waals surface area (Å²) < 4.78 is 5.72. The molecule has 0 bridgehead atoms. The maximum absolute atomic E-state index is 13.1. The number of hydrogen-bond donors (Lipinski definition) is 1. The minimum Gasteiger partial charge on any atom is -0.451 e. The molecule has 0 aliphatic carbocycles. The van der Waals surface area contributed by atoms with Crippen LogP contribution in [0.3, 0.4) is 0 Å². The Morgan fingerprint density at radius 2 is 1.61 bits per heavy atom. The molecular weight excluding hydrogens is 459 g/mol. The van der Waals surface area contributed by atoms with Crippen molar-refractivity contribution in [3.05, 3.63) is 112 Å². The van der Waals surface area contributed by atoms with Crippen molar-refractivity contribution < 1.29 is 14.0 Å². The van der Waals surface area contributed by atoms with E-state index in [2.05, 4.69) is 5.32 Å². The van der Waals surface area contributed by atoms with Crippen LogP contribution in [-0.4, -0.2) is 23.8 Å². The summed E-state index contributed by atoms with van der Waals surface area (Å²) in [5, 5.41) is 3.61. The number of halogens is 2. The predicted molar refractivity (Wildman–Crippen MR) is 131 cm³/mol. The quantitative estimate of drug-likeness (QED) is 0.332. The first-order valence-corrected chi connectivity index (χ1v) is 10.9. The smallest absolute Gasteiger partial charge is 0.291 e. The largest absolute Gasteiger partial charge is 0.451 e. The molecule has 1 N–H and O–H groups in total. The Bertz CT molecular complexity index is 1300. The van der Waals surface area contributed by atoms with E-state index in [1.807, 2.05) is 30.3 Å². The Hall–Kier alpha value is -3.54. The lowest BCUT2D eigenvalue weighted by Crippen LogP contribution is -2.27. The second-order valence-corrected chi connectivity index (χ2v) is 8.25. The van der Waals surface area contributed by atoms with E-state index in [1.54, 1.807) is 66.5 Å². The van der Waals surface area contributed by atoms with E-state index in [1.165, 1.54) is 0 Å². The number of furan rings is 1. The summed E-state index contributed by atoms with van der Waals surface area (Å²) in [4.78, 5) is 27.5. The molecule has 2 amide bonds. The van der Waals surface area contributed by atoms with Crippen molar-refractivity contribution in [3.63, 3.8) is 0 Å². The van der Waals surface area contributed by atoms with Crippen LogP contribution in [0.1, 0.15) is 26.5 Å². The van der Waals surface area contributed by atoms with Gasteiger partial charge in [0.25, 0.3) is 11.8 Å². The average molecular weight is 479 g/mol. The Balaban J connectivity index is 1.51. The molecule has 1 heterocycles. The SMILES string of the molecule is CN(Cc1ccccc1)C(=O)c1ccccc1NC(=O)c1ccc(-c2ccc(Cl)c(Cl)c2)o1. The van der Waals surface area contributed by atoms with Gasteiger partial charge in [-0.05, 0) is 48.0 Å². The van der Waals surface area contributed by atoms with Crippen molar-refractivity contribution in [1.82, 2.24) is 4.90 Å². The monoisotopic (exact) mass is 478 g/mol. The fourth-order valence-electron chi connectivity index (χ4n) is 3.36. The van der Waals surface area contributed by atoms with Crippen molar-refractivity contribution in [2.75, 3.05) is 12.4 Å². The van der Waals surface area contributed by atoms with E-state index in [0.29, 0.717) is 39.2 Å². The number of para-hydroxylation sites is 1. The zero-order chi connectivity index (χ0) is 23.4. The summed E-state index contributed by atoms with van der Waals surface area (Å²) in [7, 11) is 1.73. The second kappa shape index (κ2) is 9.94. The van der Waals surface area contributed by atoms with Crippen LogP contribution in [0, 0.1) is 0 Å². The Kier molecular flexibility index (Phi) is 6.82. The summed E-state index contributed by atoms with van der Waals surface area (Å²) in [6, 6.07) is 24.9. The Morgan fingerprint density at radius 3 is 2.36 bits per heavy atom. The van der Waals surface area contributed by atoms with Crippen molar-refractivity contribution in [1.29, 1.82) is 0 Å². The highest BCUT2D eigenvalue weighted by Crippen LogP contribution is 2.30. The van der Waals surface area contributed by atoms with Gasteiger partial charge in [-0.25, -0.2) is 0 Å². The molecule has 4 rings (SSSR count). The first-order chi connectivity index (χ1) is 15.9. The number of amides is 2. The molecule has 7 heteroatoms. The van der Waals surface area contributed by atoms with Gasteiger partial charge in [0.1, 0.15) is 5.76 Å². The molecule has 0 aliphatic rings. The van der Waals surface area contributed by atoms with Gasteiger partial charge in [-0.3, -0.25) is 9.59 Å². The van der Waals surface area contributed by atoms with E-state index in [0.717, 1.165) is 5.56 Å². The van der Waals surface area contributed by atoms with Crippen molar-refractivity contribution in [3.8, 4) is 11.3 Å². The lowest BCUT2D eigenvalue weighted by atomic mass is 10.1. The summed E-state index contributed by atoms with van der Waals surface area (Å²) >= 11 is 12.0. The van der Waals surface area contributed by atoms with E-state index >= 15 is 0 Å². The maximum Gasteiger partial charge on any atom is 0.291 e. The number of carbonyl (C=O) groups excluding carboxylic acids is 2. The number of nitrogens with zero attached hydrogens (tertiary/aromatic N) is 1. The van der Waals surface area contributed by atoms with Crippen molar-refractivity contribution in [2.45, 2.75) is 6.54 Å². The number of anilines is 1. The third-order valence-electron chi connectivity index (χ3n) is 5.05. The van der Waals surface area contributed by atoms with Crippen LogP contribution in [0.25, 0.3) is 11.3 Å². The molecule has 0 spiro atoms. The van der Waals surface area contributed by atoms with Gasteiger partial charge in [0.15, 0.2) is 5.76 Å². The van der Waals surface area contributed by atoms with Crippen LogP contribution in [-0.2, 0) is 6.54 Å². The molecule has 0 atom stereocenters. The zero-order valence-electron chi connectivity index (χ0n) is 17.7. The standard InChI is InChI=1S/C26H20Cl2N2O3/c1-30(16-17-7-3-2-4-8-17)26(32)19-9-5-6-10-22(19)29-25(31)24-14-13-23(33-24)18-11-12-20(27)21(28)15-18/h2-15H,16H2,1H3,(H,29,31). The third-order valence-corrected chi connectivity index (χ3v) is 5.79. The van der Waals surface area contributed by atoms with E-state index < -0.39 is 5.91 Å². The molecule has 1 aromatic heterocycles. The van der Waals surface area contributed by atoms with Crippen LogP contribution >= 0.6 is 23.2 Å². The second-order valence-electron chi connectivity index (χ2n) is 7.44. The normalized spacial score (nSPS) is 10.6. The van der Waals surface area contributed by atoms with Crippen LogP contribution in [0.15, 0.2) is 89.3 Å². The van der Waals surface area contributed by atoms with Crippen LogP contribution in [0.5, 0.6) is 0 Å². The molecule has 5 nitrogen and oxygen atoms in total. The lowest BCUT2D eigenvalue weighted by Gasteiger charge is -2.19. The molecule has 166 valence electrons. The number of carbonyl (C=O) groups is 2. The van der Waals surface area contributed by atoms with E-state index in [-0.39, 0.29) is 11.7 Å². The van der Waals surface area contributed by atoms with Crippen LogP contribution in [0.4, 0.5) is 5.69 Å². The molecule has 0 saturated carbocycles. The molecule has 0 saturated heterocycles. The number of hydrogen-bond acceptors (Lipinski definition) is 3. The first kappa shape index (κ1) is 22.6. The van der Waals surface area contributed by atoms with Gasteiger partial charge in [0.2, 0.25) is 0 Å². The van der Waals surface area contributed by atoms with Crippen molar-refractivity contribution in [2.24, 2.45) is 0 Å². The molecule has 0 fully saturated rings. The molecule has 4 aromatic rings. The molecule has 3 aromatic carbocycles. The lowest BCUT2D eigenvalue weighted by molar-refractivity contribution is 0.0786. The van der Waals surface area contributed by atoms with E-state index in [9.17, 15) is 9.59 Å². The maximum atomic E-state index is 13.1. The van der Waals surface area contributed by atoms with Crippen molar-refractivity contribution >= 4 is 40.7 Å². The summed E-state index contributed by atoms with van der Waals surface area (Å²) in [6.45, 7) is 0.452. The number of benzene rings is 3. The first-order valence-electron chi connectivity index (χ1n) is 10.2. The molecule has 0 aliphatic heterocycles. The predicted octanol–water partition coefficient (Wildman–Crippen LogP) is 6.78. The molecular formula is C26H20Cl2N2O3. The number of rotatable bonds is 6.